The number of fused-ring (bicyclic) bond motifs is 1. The summed E-state index contributed by atoms with van der Waals surface area (Å²) < 4.78 is 5.12. The molecule has 0 radical (unpaired) electrons. The molecule has 144 valence electrons. The Balaban J connectivity index is 1.18. The average Bonchev–Trinajstić information content (AvgIpc) is 2.93. The normalized spacial score (nSPS) is 37.1. The minimum atomic E-state index is -0.0938. The van der Waals surface area contributed by atoms with Crippen molar-refractivity contribution in [2.75, 3.05) is 19.7 Å². The number of benzene rings is 1. The van der Waals surface area contributed by atoms with Crippen molar-refractivity contribution >= 4 is 11.9 Å². The van der Waals surface area contributed by atoms with Gasteiger partial charge in [-0.1, -0.05) is 45.0 Å². The summed E-state index contributed by atoms with van der Waals surface area (Å²) in [6, 6.07) is 9.05. The number of nitrogens with zero attached hydrogens (tertiary/aromatic N) is 1. The van der Waals surface area contributed by atoms with Crippen LogP contribution in [0.15, 0.2) is 24.3 Å². The number of esters is 1. The zero-order chi connectivity index (χ0) is 19.0. The van der Waals surface area contributed by atoms with Crippen LogP contribution in [0.5, 0.6) is 0 Å². The summed E-state index contributed by atoms with van der Waals surface area (Å²) in [5.74, 6) is 2.23. The molecule has 0 aromatic heterocycles. The van der Waals surface area contributed by atoms with Crippen LogP contribution in [-0.4, -0.2) is 36.5 Å². The van der Waals surface area contributed by atoms with Gasteiger partial charge in [-0.2, -0.15) is 0 Å². The first-order valence-electron chi connectivity index (χ1n) is 10.3. The first-order valence-corrected chi connectivity index (χ1v) is 10.3. The van der Waals surface area contributed by atoms with Crippen LogP contribution in [0.3, 0.4) is 0 Å². The van der Waals surface area contributed by atoms with Crippen molar-refractivity contribution in [3.63, 3.8) is 0 Å². The smallest absolute Gasteiger partial charge is 0.306 e. The summed E-state index contributed by atoms with van der Waals surface area (Å²) in [5, 5.41) is 0. The van der Waals surface area contributed by atoms with Gasteiger partial charge < -0.3 is 9.64 Å². The molecule has 2 saturated carbocycles. The van der Waals surface area contributed by atoms with E-state index < -0.39 is 0 Å². The molecule has 2 saturated heterocycles. The van der Waals surface area contributed by atoms with Gasteiger partial charge in [-0.15, -0.1) is 0 Å². The van der Waals surface area contributed by atoms with Crippen LogP contribution in [0.4, 0.5) is 0 Å². The van der Waals surface area contributed by atoms with E-state index in [4.69, 9.17) is 4.74 Å². The molecule has 27 heavy (non-hydrogen) atoms. The Morgan fingerprint density at radius 2 is 1.89 bits per heavy atom. The van der Waals surface area contributed by atoms with Gasteiger partial charge in [-0.3, -0.25) is 9.59 Å². The molecular formula is C23H29NO3. The van der Waals surface area contributed by atoms with Crippen molar-refractivity contribution in [3.05, 3.63) is 35.4 Å². The van der Waals surface area contributed by atoms with E-state index in [9.17, 15) is 9.59 Å². The fraction of sp³-hybridized carbons (Fsp3) is 0.652. The quantitative estimate of drug-likeness (QED) is 0.752. The van der Waals surface area contributed by atoms with Gasteiger partial charge in [0.2, 0.25) is 5.91 Å². The van der Waals surface area contributed by atoms with Gasteiger partial charge in [-0.25, -0.2) is 0 Å². The fourth-order valence-electron chi connectivity index (χ4n) is 5.74. The zero-order valence-electron chi connectivity index (χ0n) is 16.5. The molecule has 5 rings (SSSR count). The molecule has 2 aliphatic heterocycles. The monoisotopic (exact) mass is 367 g/mol. The predicted octanol–water partition coefficient (Wildman–Crippen LogP) is 3.50. The van der Waals surface area contributed by atoms with Crippen molar-refractivity contribution in [2.24, 2.45) is 23.2 Å². The van der Waals surface area contributed by atoms with Crippen LogP contribution in [0, 0.1) is 23.2 Å². The van der Waals surface area contributed by atoms with Gasteiger partial charge in [0.1, 0.15) is 0 Å². The second-order valence-corrected chi connectivity index (χ2v) is 10.4. The highest BCUT2D eigenvalue weighted by Crippen LogP contribution is 2.59. The molecule has 4 heteroatoms. The Hall–Kier alpha value is -1.84. The number of carbonyl (C=O) groups is 2. The first-order chi connectivity index (χ1) is 12.8. The summed E-state index contributed by atoms with van der Waals surface area (Å²) in [4.78, 5) is 26.3. The fourth-order valence-corrected chi connectivity index (χ4v) is 5.74. The van der Waals surface area contributed by atoms with E-state index in [0.29, 0.717) is 36.7 Å². The lowest BCUT2D eigenvalue weighted by Gasteiger charge is -2.43. The van der Waals surface area contributed by atoms with Crippen molar-refractivity contribution < 1.29 is 14.3 Å². The SMILES string of the molecule is CC(C)(C)c1cccc(C2[C@H]3CN(C(=O)C4CC5(COC(=O)C5)C4)C[C@@H]23)c1. The molecule has 1 unspecified atom stereocenters. The zero-order valence-corrected chi connectivity index (χ0v) is 16.5. The van der Waals surface area contributed by atoms with E-state index in [1.54, 1.807) is 0 Å². The largest absolute Gasteiger partial charge is 0.465 e. The first kappa shape index (κ1) is 17.3. The van der Waals surface area contributed by atoms with E-state index in [2.05, 4.69) is 49.9 Å². The summed E-state index contributed by atoms with van der Waals surface area (Å²) >= 11 is 0. The van der Waals surface area contributed by atoms with Crippen molar-refractivity contribution in [2.45, 2.75) is 51.4 Å². The van der Waals surface area contributed by atoms with Crippen LogP contribution in [-0.2, 0) is 19.7 Å². The van der Waals surface area contributed by atoms with Gasteiger partial charge in [-0.05, 0) is 47.1 Å². The lowest BCUT2D eigenvalue weighted by Crippen LogP contribution is -2.47. The van der Waals surface area contributed by atoms with Gasteiger partial charge in [0.15, 0.2) is 0 Å². The second-order valence-electron chi connectivity index (χ2n) is 10.4. The highest BCUT2D eigenvalue weighted by molar-refractivity contribution is 5.82. The third kappa shape index (κ3) is 2.79. The number of hydrogen-bond donors (Lipinski definition) is 0. The molecule has 0 N–H and O–H groups in total. The molecule has 1 aromatic rings. The van der Waals surface area contributed by atoms with Crippen LogP contribution in [0.25, 0.3) is 0 Å². The molecular weight excluding hydrogens is 338 g/mol. The molecule has 4 aliphatic rings. The maximum atomic E-state index is 12.8. The highest BCUT2D eigenvalue weighted by Gasteiger charge is 2.59. The lowest BCUT2D eigenvalue weighted by molar-refractivity contribution is -0.143. The van der Waals surface area contributed by atoms with Gasteiger partial charge in [0.05, 0.1) is 13.0 Å². The van der Waals surface area contributed by atoms with Crippen molar-refractivity contribution in [1.29, 1.82) is 0 Å². The summed E-state index contributed by atoms with van der Waals surface area (Å²) in [7, 11) is 0. The third-order valence-electron chi connectivity index (χ3n) is 7.41. The summed E-state index contributed by atoms with van der Waals surface area (Å²) in [6.45, 7) is 9.12. The number of amides is 1. The molecule has 2 aliphatic carbocycles. The Morgan fingerprint density at radius 1 is 1.19 bits per heavy atom. The molecule has 2 heterocycles. The molecule has 1 aromatic carbocycles. The molecule has 0 bridgehead atoms. The molecule has 1 amide bonds. The summed E-state index contributed by atoms with van der Waals surface area (Å²) in [6.07, 6.45) is 2.18. The van der Waals surface area contributed by atoms with Crippen LogP contribution in [0.1, 0.15) is 57.1 Å². The molecule has 4 fully saturated rings. The average molecular weight is 367 g/mol. The van der Waals surface area contributed by atoms with E-state index in [0.717, 1.165) is 25.9 Å². The Bertz CT molecular complexity index is 790. The van der Waals surface area contributed by atoms with Gasteiger partial charge in [0.25, 0.3) is 0 Å². The topological polar surface area (TPSA) is 46.6 Å². The van der Waals surface area contributed by atoms with Crippen molar-refractivity contribution in [3.8, 4) is 0 Å². The number of ether oxygens (including phenoxy) is 1. The number of hydrogen-bond acceptors (Lipinski definition) is 3. The van der Waals surface area contributed by atoms with E-state index in [1.807, 2.05) is 0 Å². The molecule has 3 atom stereocenters. The maximum absolute atomic E-state index is 12.8. The Kier molecular flexibility index (Phi) is 3.57. The Morgan fingerprint density at radius 3 is 2.48 bits per heavy atom. The number of piperidine rings is 1. The lowest BCUT2D eigenvalue weighted by atomic mass is 9.61. The second kappa shape index (κ2) is 5.59. The van der Waals surface area contributed by atoms with Crippen LogP contribution < -0.4 is 0 Å². The minimum Gasteiger partial charge on any atom is -0.465 e. The minimum absolute atomic E-state index is 0.0179. The van der Waals surface area contributed by atoms with E-state index >= 15 is 0 Å². The third-order valence-corrected chi connectivity index (χ3v) is 7.41. The highest BCUT2D eigenvalue weighted by atomic mass is 16.5. The summed E-state index contributed by atoms with van der Waals surface area (Å²) in [5.41, 5.74) is 3.00. The van der Waals surface area contributed by atoms with Crippen molar-refractivity contribution in [1.82, 2.24) is 4.90 Å². The predicted molar refractivity (Wildman–Crippen MR) is 102 cm³/mol. The van der Waals surface area contributed by atoms with Crippen LogP contribution >= 0.6 is 0 Å². The number of cyclic esters (lactones) is 1. The van der Waals surface area contributed by atoms with E-state index in [-0.39, 0.29) is 22.7 Å². The van der Waals surface area contributed by atoms with E-state index in [1.165, 1.54) is 11.1 Å². The molecule has 1 spiro atoms. The number of rotatable bonds is 2. The van der Waals surface area contributed by atoms with Crippen LogP contribution in [0.2, 0.25) is 0 Å². The maximum Gasteiger partial charge on any atom is 0.306 e. The number of likely N-dealkylation sites (tertiary alicyclic amines) is 1. The number of carbonyl (C=O) groups excluding carboxylic acids is 2. The standard InChI is InChI=1S/C23H29NO3/c1-22(2,3)16-6-4-5-14(7-16)20-17-11-24(12-18(17)20)21(26)15-8-23(9-15)10-19(25)27-13-23/h4-7,15,17-18,20H,8-13H2,1-3H3/t15?,17-,18+,20?,23?. The molecule has 4 nitrogen and oxygen atoms in total. The Labute approximate surface area is 161 Å². The van der Waals surface area contributed by atoms with Gasteiger partial charge in [0, 0.05) is 24.4 Å². The van der Waals surface area contributed by atoms with Gasteiger partial charge >= 0.3 is 5.97 Å².